The molecule has 0 aromatic heterocycles. The molecule has 114 valence electrons. The van der Waals surface area contributed by atoms with E-state index in [1.807, 2.05) is 31.2 Å². The Morgan fingerprint density at radius 3 is 2.33 bits per heavy atom. The lowest BCUT2D eigenvalue weighted by atomic mass is 9.78. The number of carbonyl (C=O) groups excluding carboxylic acids is 1. The number of hydrogen-bond acceptors (Lipinski definition) is 2. The van der Waals surface area contributed by atoms with Crippen LogP contribution in [0.25, 0.3) is 0 Å². The molecule has 1 aromatic carbocycles. The average Bonchev–Trinajstić information content (AvgIpc) is 2.47. The van der Waals surface area contributed by atoms with Crippen LogP contribution in [-0.2, 0) is 9.59 Å². The Labute approximate surface area is 133 Å². The number of rotatable bonds is 4. The molecule has 1 aliphatic carbocycles. The maximum absolute atomic E-state index is 12.4. The van der Waals surface area contributed by atoms with E-state index in [0.717, 1.165) is 22.9 Å². The van der Waals surface area contributed by atoms with E-state index in [1.165, 1.54) is 0 Å². The highest BCUT2D eigenvalue weighted by molar-refractivity contribution is 9.10. The van der Waals surface area contributed by atoms with Crippen LogP contribution >= 0.6 is 15.9 Å². The molecule has 0 spiro atoms. The van der Waals surface area contributed by atoms with E-state index in [1.54, 1.807) is 0 Å². The summed E-state index contributed by atoms with van der Waals surface area (Å²) in [6.07, 6.45) is 3.08. The smallest absolute Gasteiger partial charge is 0.307 e. The van der Waals surface area contributed by atoms with Crippen LogP contribution in [0.15, 0.2) is 28.7 Å². The van der Waals surface area contributed by atoms with Gasteiger partial charge in [-0.15, -0.1) is 0 Å². The van der Waals surface area contributed by atoms with Crippen molar-refractivity contribution >= 4 is 27.8 Å². The molecular formula is C16H20BrNO3. The summed E-state index contributed by atoms with van der Waals surface area (Å²) in [7, 11) is 0. The van der Waals surface area contributed by atoms with Crippen LogP contribution in [0.1, 0.15) is 44.2 Å². The molecule has 0 saturated heterocycles. The highest BCUT2D eigenvalue weighted by atomic mass is 79.9. The van der Waals surface area contributed by atoms with Gasteiger partial charge in [0.25, 0.3) is 0 Å². The highest BCUT2D eigenvalue weighted by Gasteiger charge is 2.36. The van der Waals surface area contributed by atoms with E-state index < -0.39 is 17.8 Å². The first kappa shape index (κ1) is 16.0. The average molecular weight is 354 g/mol. The number of carboxylic acids is 1. The molecule has 1 amide bonds. The summed E-state index contributed by atoms with van der Waals surface area (Å²) in [5, 5.41) is 12.2. The van der Waals surface area contributed by atoms with Gasteiger partial charge >= 0.3 is 5.97 Å². The molecule has 1 saturated carbocycles. The lowest BCUT2D eigenvalue weighted by Crippen LogP contribution is -2.40. The largest absolute Gasteiger partial charge is 0.481 e. The molecule has 2 rings (SSSR count). The second-order valence-electron chi connectivity index (χ2n) is 5.62. The van der Waals surface area contributed by atoms with Gasteiger partial charge in [-0.3, -0.25) is 9.59 Å². The Kier molecular flexibility index (Phi) is 5.39. The van der Waals surface area contributed by atoms with Crippen molar-refractivity contribution in [2.75, 3.05) is 0 Å². The Balaban J connectivity index is 2.02. The molecular weight excluding hydrogens is 334 g/mol. The lowest BCUT2D eigenvalue weighted by Gasteiger charge is -2.28. The number of hydrogen-bond donors (Lipinski definition) is 2. The normalized spacial score (nSPS) is 23.3. The number of benzene rings is 1. The quantitative estimate of drug-likeness (QED) is 0.870. The first-order valence-electron chi connectivity index (χ1n) is 7.27. The number of amides is 1. The van der Waals surface area contributed by atoms with E-state index in [4.69, 9.17) is 0 Å². The molecule has 5 heteroatoms. The van der Waals surface area contributed by atoms with E-state index in [9.17, 15) is 14.7 Å². The van der Waals surface area contributed by atoms with Crippen molar-refractivity contribution in [3.8, 4) is 0 Å². The van der Waals surface area contributed by atoms with Crippen LogP contribution in [0, 0.1) is 11.8 Å². The van der Waals surface area contributed by atoms with Gasteiger partial charge in [0, 0.05) is 4.47 Å². The first-order chi connectivity index (χ1) is 9.99. The van der Waals surface area contributed by atoms with Crippen LogP contribution < -0.4 is 5.32 Å². The zero-order chi connectivity index (χ0) is 15.4. The van der Waals surface area contributed by atoms with Gasteiger partial charge in [0.2, 0.25) is 5.91 Å². The standard InChI is InChI=1S/C16H20BrNO3/c1-10(11-6-8-12(17)9-7-11)18-15(19)13-4-2-3-5-14(13)16(20)21/h6-10,13-14H,2-5H2,1H3,(H,18,19)(H,20,21)/t10-,13?,14?/m0/s1. The number of carboxylic acid groups (broad SMARTS) is 1. The number of aliphatic carboxylic acids is 1. The third kappa shape index (κ3) is 4.06. The maximum atomic E-state index is 12.4. The minimum atomic E-state index is -0.855. The van der Waals surface area contributed by atoms with Crippen molar-refractivity contribution in [2.45, 2.75) is 38.6 Å². The monoisotopic (exact) mass is 353 g/mol. The van der Waals surface area contributed by atoms with E-state index in [2.05, 4.69) is 21.2 Å². The van der Waals surface area contributed by atoms with Crippen molar-refractivity contribution in [3.05, 3.63) is 34.3 Å². The topological polar surface area (TPSA) is 66.4 Å². The second kappa shape index (κ2) is 7.07. The van der Waals surface area contributed by atoms with Crippen molar-refractivity contribution in [1.29, 1.82) is 0 Å². The van der Waals surface area contributed by atoms with Crippen molar-refractivity contribution in [2.24, 2.45) is 11.8 Å². The first-order valence-corrected chi connectivity index (χ1v) is 8.07. The van der Waals surface area contributed by atoms with Gasteiger partial charge in [-0.05, 0) is 37.5 Å². The molecule has 1 aliphatic rings. The van der Waals surface area contributed by atoms with Crippen LogP contribution in [0.2, 0.25) is 0 Å². The van der Waals surface area contributed by atoms with Crippen molar-refractivity contribution < 1.29 is 14.7 Å². The van der Waals surface area contributed by atoms with Gasteiger partial charge in [-0.1, -0.05) is 40.9 Å². The van der Waals surface area contributed by atoms with Gasteiger partial charge in [0.1, 0.15) is 0 Å². The minimum absolute atomic E-state index is 0.123. The predicted octanol–water partition coefficient (Wildman–Crippen LogP) is 3.52. The van der Waals surface area contributed by atoms with E-state index in [-0.39, 0.29) is 11.9 Å². The summed E-state index contributed by atoms with van der Waals surface area (Å²) in [4.78, 5) is 23.7. The second-order valence-corrected chi connectivity index (χ2v) is 6.53. The van der Waals surface area contributed by atoms with Gasteiger partial charge in [-0.2, -0.15) is 0 Å². The van der Waals surface area contributed by atoms with Gasteiger partial charge in [-0.25, -0.2) is 0 Å². The fraction of sp³-hybridized carbons (Fsp3) is 0.500. The molecule has 2 unspecified atom stereocenters. The molecule has 0 aliphatic heterocycles. The molecule has 2 N–H and O–H groups in total. The van der Waals surface area contributed by atoms with Crippen LogP contribution in [0.4, 0.5) is 0 Å². The zero-order valence-electron chi connectivity index (χ0n) is 12.0. The van der Waals surface area contributed by atoms with Gasteiger partial charge < -0.3 is 10.4 Å². The highest BCUT2D eigenvalue weighted by Crippen LogP contribution is 2.31. The molecule has 0 radical (unpaired) electrons. The Morgan fingerprint density at radius 2 is 1.76 bits per heavy atom. The summed E-state index contributed by atoms with van der Waals surface area (Å²) in [6.45, 7) is 1.92. The Bertz CT molecular complexity index is 515. The molecule has 1 fully saturated rings. The summed E-state index contributed by atoms with van der Waals surface area (Å²) < 4.78 is 0.989. The Morgan fingerprint density at radius 1 is 1.19 bits per heavy atom. The molecule has 4 nitrogen and oxygen atoms in total. The maximum Gasteiger partial charge on any atom is 0.307 e. The third-order valence-corrected chi connectivity index (χ3v) is 4.68. The fourth-order valence-corrected chi connectivity index (χ4v) is 3.16. The lowest BCUT2D eigenvalue weighted by molar-refractivity contribution is -0.149. The van der Waals surface area contributed by atoms with Gasteiger partial charge in [0.15, 0.2) is 0 Å². The predicted molar refractivity (Wildman–Crippen MR) is 83.8 cm³/mol. The van der Waals surface area contributed by atoms with E-state index >= 15 is 0 Å². The van der Waals surface area contributed by atoms with Crippen LogP contribution in [-0.4, -0.2) is 17.0 Å². The third-order valence-electron chi connectivity index (χ3n) is 4.15. The molecule has 21 heavy (non-hydrogen) atoms. The van der Waals surface area contributed by atoms with Gasteiger partial charge in [0.05, 0.1) is 17.9 Å². The zero-order valence-corrected chi connectivity index (χ0v) is 13.6. The minimum Gasteiger partial charge on any atom is -0.481 e. The summed E-state index contributed by atoms with van der Waals surface area (Å²) in [6, 6.07) is 7.63. The number of halogens is 1. The summed E-state index contributed by atoms with van der Waals surface area (Å²) in [5.41, 5.74) is 1.01. The molecule has 1 aromatic rings. The van der Waals surface area contributed by atoms with Crippen LogP contribution in [0.3, 0.4) is 0 Å². The molecule has 0 bridgehead atoms. The van der Waals surface area contributed by atoms with E-state index in [0.29, 0.717) is 12.8 Å². The Hall–Kier alpha value is -1.36. The summed E-state index contributed by atoms with van der Waals surface area (Å²) >= 11 is 3.38. The SMILES string of the molecule is C[C@H](NC(=O)C1CCCCC1C(=O)O)c1ccc(Br)cc1. The number of carbonyl (C=O) groups is 2. The van der Waals surface area contributed by atoms with Crippen LogP contribution in [0.5, 0.6) is 0 Å². The molecule has 0 heterocycles. The molecule has 3 atom stereocenters. The fourth-order valence-electron chi connectivity index (χ4n) is 2.90. The summed E-state index contributed by atoms with van der Waals surface area (Å²) in [5.74, 6) is -1.95. The van der Waals surface area contributed by atoms with Crippen molar-refractivity contribution in [3.63, 3.8) is 0 Å². The number of nitrogens with one attached hydrogen (secondary N) is 1. The van der Waals surface area contributed by atoms with Crippen molar-refractivity contribution in [1.82, 2.24) is 5.32 Å².